The molecule has 0 radical (unpaired) electrons. The van der Waals surface area contributed by atoms with Gasteiger partial charge in [-0.1, -0.05) is 60.7 Å². The molecule has 1 aliphatic rings. The highest BCUT2D eigenvalue weighted by Crippen LogP contribution is 2.36. The minimum absolute atomic E-state index is 0.229. The lowest BCUT2D eigenvalue weighted by Gasteiger charge is -2.31. The van der Waals surface area contributed by atoms with E-state index < -0.39 is 11.5 Å². The van der Waals surface area contributed by atoms with Crippen molar-refractivity contribution in [3.63, 3.8) is 0 Å². The summed E-state index contributed by atoms with van der Waals surface area (Å²) in [5.74, 6) is -0.271. The maximum Gasteiger partial charge on any atom is 0.426 e. The molecule has 162 valence electrons. The van der Waals surface area contributed by atoms with Crippen molar-refractivity contribution in [2.75, 3.05) is 19.7 Å². The van der Waals surface area contributed by atoms with E-state index >= 15 is 0 Å². The van der Waals surface area contributed by atoms with Crippen LogP contribution in [0.5, 0.6) is 0 Å². The largest absolute Gasteiger partial charge is 0.449 e. The monoisotopic (exact) mass is 420 g/mol. The van der Waals surface area contributed by atoms with Crippen LogP contribution in [-0.2, 0) is 14.9 Å². The molecule has 1 unspecified atom stereocenters. The van der Waals surface area contributed by atoms with Gasteiger partial charge in [-0.15, -0.1) is 0 Å². The lowest BCUT2D eigenvalue weighted by Crippen LogP contribution is -2.51. The Morgan fingerprint density at radius 3 is 2.26 bits per heavy atom. The quantitative estimate of drug-likeness (QED) is 0.671. The molecule has 1 heterocycles. The molecule has 2 N–H and O–H groups in total. The highest BCUT2D eigenvalue weighted by atomic mass is 16.5. The Bertz CT molecular complexity index is 872. The normalized spacial score (nSPS) is 16.3. The standard InChI is InChI=1S/C24H28N4O3/c1-2-31-23(30)27-26-22(29)21-14-9-16-28(21)17-15-24(18-25,19-10-5-3-6-11-19)20-12-7-4-8-13-20/h3-8,10-13,21H,2,9,14-17H2,1H3,(H,26,29)(H,27,30). The first-order chi connectivity index (χ1) is 15.1. The summed E-state index contributed by atoms with van der Waals surface area (Å²) in [5, 5.41) is 10.3. The van der Waals surface area contributed by atoms with Crippen LogP contribution in [-0.4, -0.2) is 42.6 Å². The van der Waals surface area contributed by atoms with Gasteiger partial charge in [0.05, 0.1) is 18.7 Å². The van der Waals surface area contributed by atoms with Gasteiger partial charge in [-0.05, 0) is 43.9 Å². The van der Waals surface area contributed by atoms with E-state index in [4.69, 9.17) is 4.74 Å². The first-order valence-electron chi connectivity index (χ1n) is 10.6. The van der Waals surface area contributed by atoms with Crippen LogP contribution in [0.1, 0.15) is 37.3 Å². The molecule has 0 bridgehead atoms. The van der Waals surface area contributed by atoms with E-state index in [2.05, 4.69) is 21.8 Å². The maximum atomic E-state index is 12.6. The molecule has 31 heavy (non-hydrogen) atoms. The number of amides is 2. The molecule has 7 heteroatoms. The van der Waals surface area contributed by atoms with Gasteiger partial charge in [0.25, 0.3) is 5.91 Å². The van der Waals surface area contributed by atoms with E-state index in [-0.39, 0.29) is 18.6 Å². The predicted molar refractivity (Wildman–Crippen MR) is 117 cm³/mol. The van der Waals surface area contributed by atoms with E-state index in [0.29, 0.717) is 19.4 Å². The van der Waals surface area contributed by atoms with Crippen molar-refractivity contribution in [1.29, 1.82) is 5.26 Å². The molecule has 1 atom stereocenters. The zero-order chi connectivity index (χ0) is 22.1. The summed E-state index contributed by atoms with van der Waals surface area (Å²) in [6.07, 6.45) is 1.45. The molecule has 1 saturated heterocycles. The van der Waals surface area contributed by atoms with Crippen LogP contribution >= 0.6 is 0 Å². The molecule has 2 amide bonds. The van der Waals surface area contributed by atoms with Gasteiger partial charge in [-0.25, -0.2) is 10.2 Å². The van der Waals surface area contributed by atoms with Gasteiger partial charge in [0.15, 0.2) is 0 Å². The summed E-state index contributed by atoms with van der Waals surface area (Å²) in [6, 6.07) is 21.8. The number of nitrogens with zero attached hydrogens (tertiary/aromatic N) is 2. The van der Waals surface area contributed by atoms with Gasteiger partial charge >= 0.3 is 6.09 Å². The fourth-order valence-electron chi connectivity index (χ4n) is 4.15. The number of rotatable bonds is 7. The van der Waals surface area contributed by atoms with Gasteiger partial charge in [-0.2, -0.15) is 5.26 Å². The van der Waals surface area contributed by atoms with E-state index in [1.807, 2.05) is 60.7 Å². The second-order valence-electron chi connectivity index (χ2n) is 7.53. The van der Waals surface area contributed by atoms with Crippen LogP contribution in [0.15, 0.2) is 60.7 Å². The lowest BCUT2D eigenvalue weighted by atomic mass is 9.73. The Labute approximate surface area is 183 Å². The number of hydrogen-bond donors (Lipinski definition) is 2. The van der Waals surface area contributed by atoms with Crippen molar-refractivity contribution < 1.29 is 14.3 Å². The number of hydrogen-bond acceptors (Lipinski definition) is 5. The highest BCUT2D eigenvalue weighted by molar-refractivity contribution is 5.83. The maximum absolute atomic E-state index is 12.6. The number of carbonyl (C=O) groups is 2. The summed E-state index contributed by atoms with van der Waals surface area (Å²) in [6.45, 7) is 3.27. The van der Waals surface area contributed by atoms with Gasteiger partial charge in [-0.3, -0.25) is 15.1 Å². The van der Waals surface area contributed by atoms with Gasteiger partial charge in [0.2, 0.25) is 0 Å². The Morgan fingerprint density at radius 1 is 1.10 bits per heavy atom. The first-order valence-corrected chi connectivity index (χ1v) is 10.6. The molecular weight excluding hydrogens is 392 g/mol. The highest BCUT2D eigenvalue weighted by Gasteiger charge is 2.37. The van der Waals surface area contributed by atoms with Crippen molar-refractivity contribution in [3.05, 3.63) is 71.8 Å². The number of benzene rings is 2. The SMILES string of the molecule is CCOC(=O)NNC(=O)C1CCCN1CCC(C#N)(c1ccccc1)c1ccccc1. The van der Waals surface area contributed by atoms with Crippen LogP contribution in [0.25, 0.3) is 0 Å². The Kier molecular flexibility index (Phi) is 7.63. The molecule has 0 saturated carbocycles. The number of hydrazine groups is 1. The van der Waals surface area contributed by atoms with Gasteiger partial charge in [0.1, 0.15) is 5.41 Å². The second-order valence-corrected chi connectivity index (χ2v) is 7.53. The predicted octanol–water partition coefficient (Wildman–Crippen LogP) is 3.13. The van der Waals surface area contributed by atoms with Crippen molar-refractivity contribution in [1.82, 2.24) is 15.8 Å². The molecule has 0 spiro atoms. The number of likely N-dealkylation sites (tertiary alicyclic amines) is 1. The van der Waals surface area contributed by atoms with Crippen molar-refractivity contribution in [2.45, 2.75) is 37.6 Å². The molecule has 1 aliphatic heterocycles. The molecule has 0 aromatic heterocycles. The van der Waals surface area contributed by atoms with E-state index in [0.717, 1.165) is 24.1 Å². The van der Waals surface area contributed by atoms with Crippen molar-refractivity contribution >= 4 is 12.0 Å². The molecule has 2 aromatic carbocycles. The third-order valence-corrected chi connectivity index (χ3v) is 5.73. The third kappa shape index (κ3) is 5.22. The second kappa shape index (κ2) is 10.6. The average Bonchev–Trinajstić information content (AvgIpc) is 3.29. The molecule has 3 rings (SSSR count). The number of nitriles is 1. The topological polar surface area (TPSA) is 94.5 Å². The van der Waals surface area contributed by atoms with Gasteiger partial charge < -0.3 is 4.74 Å². The summed E-state index contributed by atoms with van der Waals surface area (Å²) in [4.78, 5) is 26.1. The minimum atomic E-state index is -0.810. The van der Waals surface area contributed by atoms with Crippen molar-refractivity contribution in [3.8, 4) is 6.07 Å². The van der Waals surface area contributed by atoms with Crippen LogP contribution in [0.3, 0.4) is 0 Å². The first kappa shape index (κ1) is 22.3. The zero-order valence-corrected chi connectivity index (χ0v) is 17.7. The van der Waals surface area contributed by atoms with Crippen molar-refractivity contribution in [2.24, 2.45) is 0 Å². The van der Waals surface area contributed by atoms with Crippen LogP contribution in [0, 0.1) is 11.3 Å². The molecule has 1 fully saturated rings. The minimum Gasteiger partial charge on any atom is -0.449 e. The van der Waals surface area contributed by atoms with E-state index in [9.17, 15) is 14.9 Å². The number of nitrogens with one attached hydrogen (secondary N) is 2. The summed E-state index contributed by atoms with van der Waals surface area (Å²) >= 11 is 0. The van der Waals surface area contributed by atoms with E-state index in [1.165, 1.54) is 0 Å². The smallest absolute Gasteiger partial charge is 0.426 e. The average molecular weight is 421 g/mol. The number of carbonyl (C=O) groups excluding carboxylic acids is 2. The van der Waals surface area contributed by atoms with E-state index in [1.54, 1.807) is 6.92 Å². The van der Waals surface area contributed by atoms with Crippen LogP contribution < -0.4 is 10.9 Å². The van der Waals surface area contributed by atoms with Gasteiger partial charge in [0, 0.05) is 6.54 Å². The molecule has 2 aromatic rings. The lowest BCUT2D eigenvalue weighted by molar-refractivity contribution is -0.126. The molecule has 7 nitrogen and oxygen atoms in total. The Morgan fingerprint density at radius 2 is 1.71 bits per heavy atom. The Hall–Kier alpha value is -3.37. The molecular formula is C24H28N4O3. The Balaban J connectivity index is 1.75. The fourth-order valence-corrected chi connectivity index (χ4v) is 4.15. The molecule has 0 aliphatic carbocycles. The summed E-state index contributed by atoms with van der Waals surface area (Å²) < 4.78 is 4.77. The third-order valence-electron chi connectivity index (χ3n) is 5.73. The van der Waals surface area contributed by atoms with Crippen LogP contribution in [0.2, 0.25) is 0 Å². The fraction of sp³-hybridized carbons (Fsp3) is 0.375. The van der Waals surface area contributed by atoms with Crippen LogP contribution in [0.4, 0.5) is 4.79 Å². The zero-order valence-electron chi connectivity index (χ0n) is 17.7. The summed E-state index contributed by atoms with van der Waals surface area (Å²) in [5.41, 5.74) is 5.79. The number of ether oxygens (including phenoxy) is 1. The summed E-state index contributed by atoms with van der Waals surface area (Å²) in [7, 11) is 0.